The molecule has 1 aromatic carbocycles. The second-order valence-electron chi connectivity index (χ2n) is 6.27. The molecule has 2 heterocycles. The van der Waals surface area contributed by atoms with Crippen LogP contribution in [0.15, 0.2) is 35.6 Å². The third-order valence-corrected chi connectivity index (χ3v) is 5.15. The zero-order valence-electron chi connectivity index (χ0n) is 13.4. The summed E-state index contributed by atoms with van der Waals surface area (Å²) in [6.07, 6.45) is -0.760. The van der Waals surface area contributed by atoms with Gasteiger partial charge in [0.05, 0.1) is 18.6 Å². The monoisotopic (exact) mass is 313 g/mol. The smallest absolute Gasteiger partial charge is 0.413 e. The predicted octanol–water partition coefficient (Wildman–Crippen LogP) is 3.13. The van der Waals surface area contributed by atoms with Gasteiger partial charge in [-0.2, -0.15) is 0 Å². The average molecular weight is 313 g/mol. The number of allylic oxidation sites excluding steroid dienone is 1. The van der Waals surface area contributed by atoms with Crippen molar-refractivity contribution in [2.75, 3.05) is 6.61 Å². The highest BCUT2D eigenvalue weighted by molar-refractivity contribution is 5.95. The first-order valence-electron chi connectivity index (χ1n) is 7.98. The van der Waals surface area contributed by atoms with E-state index in [-0.39, 0.29) is 36.0 Å². The fraction of sp³-hybridized carbons (Fsp3) is 0.444. The third kappa shape index (κ3) is 1.73. The molecule has 4 atom stereocenters. The van der Waals surface area contributed by atoms with Gasteiger partial charge < -0.3 is 9.47 Å². The molecule has 120 valence electrons. The van der Waals surface area contributed by atoms with Gasteiger partial charge in [-0.15, -0.1) is 0 Å². The predicted molar refractivity (Wildman–Crippen MR) is 82.5 cm³/mol. The van der Waals surface area contributed by atoms with Crippen molar-refractivity contribution in [3.8, 4) is 0 Å². The average Bonchev–Trinajstić information content (AvgIpc) is 2.95. The van der Waals surface area contributed by atoms with Gasteiger partial charge in [-0.3, -0.25) is 9.69 Å². The van der Waals surface area contributed by atoms with E-state index < -0.39 is 0 Å². The molecular weight excluding hydrogens is 294 g/mol. The molecule has 2 aliphatic heterocycles. The summed E-state index contributed by atoms with van der Waals surface area (Å²) < 4.78 is 11.2. The lowest BCUT2D eigenvalue weighted by molar-refractivity contribution is -0.114. The lowest BCUT2D eigenvalue weighted by Gasteiger charge is -2.36. The zero-order valence-corrected chi connectivity index (χ0v) is 13.4. The summed E-state index contributed by atoms with van der Waals surface area (Å²) in [5, 5.41) is 0. The number of carbonyl (C=O) groups excluding carboxylic acids is 2. The number of hydrogen-bond acceptors (Lipinski definition) is 4. The number of nitrogens with zero attached hydrogens (tertiary/aromatic N) is 1. The molecule has 3 aliphatic rings. The van der Waals surface area contributed by atoms with Crippen molar-refractivity contribution in [1.82, 2.24) is 4.90 Å². The maximum absolute atomic E-state index is 12.5. The molecule has 0 spiro atoms. The summed E-state index contributed by atoms with van der Waals surface area (Å²) in [4.78, 5) is 26.4. The Morgan fingerprint density at radius 1 is 1.22 bits per heavy atom. The first kappa shape index (κ1) is 14.3. The molecular formula is C18H19NO4. The van der Waals surface area contributed by atoms with Gasteiger partial charge >= 0.3 is 6.09 Å². The van der Waals surface area contributed by atoms with Gasteiger partial charge in [0.2, 0.25) is 0 Å². The Morgan fingerprint density at radius 3 is 2.57 bits per heavy atom. The molecule has 1 aromatic rings. The normalized spacial score (nSPS) is 30.1. The molecule has 0 saturated carbocycles. The summed E-state index contributed by atoms with van der Waals surface area (Å²) in [5.74, 6) is 0.615. The highest BCUT2D eigenvalue weighted by atomic mass is 16.6. The molecule has 1 aliphatic carbocycles. The fourth-order valence-corrected chi connectivity index (χ4v) is 4.50. The maximum atomic E-state index is 12.5. The SMILES string of the molecule is CCOC(=O)N1[C@@H]2OC(C)=C(C(C)=O)[C@@H]3[C@@H]2c2ccccc2[C@@H]31. The minimum atomic E-state index is -0.387. The zero-order chi connectivity index (χ0) is 16.3. The van der Waals surface area contributed by atoms with Gasteiger partial charge in [-0.05, 0) is 31.9 Å². The fourth-order valence-electron chi connectivity index (χ4n) is 4.50. The van der Waals surface area contributed by atoms with Gasteiger partial charge in [-0.1, -0.05) is 24.3 Å². The van der Waals surface area contributed by atoms with Crippen LogP contribution in [0.1, 0.15) is 43.9 Å². The van der Waals surface area contributed by atoms with E-state index >= 15 is 0 Å². The number of ether oxygens (including phenoxy) is 2. The van der Waals surface area contributed by atoms with Crippen LogP contribution in [-0.2, 0) is 14.3 Å². The number of rotatable bonds is 2. The number of ketones is 1. The Bertz CT molecular complexity index is 738. The van der Waals surface area contributed by atoms with Crippen molar-refractivity contribution in [1.29, 1.82) is 0 Å². The van der Waals surface area contributed by atoms with Gasteiger partial charge in [0.1, 0.15) is 5.76 Å². The van der Waals surface area contributed by atoms with Crippen LogP contribution in [-0.4, -0.2) is 29.6 Å². The third-order valence-electron chi connectivity index (χ3n) is 5.15. The molecule has 0 radical (unpaired) electrons. The van der Waals surface area contributed by atoms with Crippen molar-refractivity contribution < 1.29 is 19.1 Å². The Hall–Kier alpha value is -2.30. The van der Waals surface area contributed by atoms with E-state index in [0.29, 0.717) is 17.9 Å². The van der Waals surface area contributed by atoms with Crippen molar-refractivity contribution >= 4 is 11.9 Å². The van der Waals surface area contributed by atoms with E-state index in [9.17, 15) is 9.59 Å². The Morgan fingerprint density at radius 2 is 1.91 bits per heavy atom. The van der Waals surface area contributed by atoms with Crippen LogP contribution in [0.3, 0.4) is 0 Å². The molecule has 23 heavy (non-hydrogen) atoms. The molecule has 1 fully saturated rings. The Balaban J connectivity index is 1.87. The van der Waals surface area contributed by atoms with E-state index in [1.165, 1.54) is 5.56 Å². The first-order chi connectivity index (χ1) is 11.1. The molecule has 1 saturated heterocycles. The number of carbonyl (C=O) groups is 2. The second-order valence-corrected chi connectivity index (χ2v) is 6.27. The van der Waals surface area contributed by atoms with Gasteiger partial charge in [0.25, 0.3) is 0 Å². The molecule has 0 unspecified atom stereocenters. The van der Waals surface area contributed by atoms with E-state index in [0.717, 1.165) is 5.56 Å². The standard InChI is InChI=1S/C18H19NO4/c1-4-22-18(21)19-16-12-8-6-5-7-11(12)14-15(16)13(9(2)20)10(3)23-17(14)19/h5-8,14-17H,4H2,1-3H3/t14-,15+,16-,17+/m0/s1. The quantitative estimate of drug-likeness (QED) is 0.842. The van der Waals surface area contributed by atoms with E-state index in [4.69, 9.17) is 9.47 Å². The molecule has 4 bridgehead atoms. The van der Waals surface area contributed by atoms with Crippen LogP contribution in [0, 0.1) is 5.92 Å². The lowest BCUT2D eigenvalue weighted by atomic mass is 9.83. The van der Waals surface area contributed by atoms with Crippen LogP contribution >= 0.6 is 0 Å². The summed E-state index contributed by atoms with van der Waals surface area (Å²) in [7, 11) is 0. The second kappa shape index (κ2) is 4.85. The van der Waals surface area contributed by atoms with Crippen LogP contribution in [0.2, 0.25) is 0 Å². The number of Topliss-reactive ketones (excluding diaryl/α,β-unsaturated/α-hetero) is 1. The number of benzene rings is 1. The highest BCUT2D eigenvalue weighted by Crippen LogP contribution is 2.63. The number of likely N-dealkylation sites (tertiary alicyclic amines) is 1. The Labute approximate surface area is 134 Å². The van der Waals surface area contributed by atoms with Crippen molar-refractivity contribution in [3.05, 3.63) is 46.7 Å². The summed E-state index contributed by atoms with van der Waals surface area (Å²) in [6.45, 7) is 5.49. The van der Waals surface area contributed by atoms with Crippen molar-refractivity contribution in [2.24, 2.45) is 5.92 Å². The van der Waals surface area contributed by atoms with Crippen LogP contribution in [0.25, 0.3) is 0 Å². The van der Waals surface area contributed by atoms with Gasteiger partial charge in [0, 0.05) is 11.5 Å². The number of hydrogen-bond donors (Lipinski definition) is 0. The number of amides is 1. The maximum Gasteiger partial charge on any atom is 0.413 e. The van der Waals surface area contributed by atoms with Gasteiger partial charge in [-0.25, -0.2) is 4.79 Å². The summed E-state index contributed by atoms with van der Waals surface area (Å²) >= 11 is 0. The molecule has 1 amide bonds. The molecule has 5 nitrogen and oxygen atoms in total. The summed E-state index contributed by atoms with van der Waals surface area (Å²) in [5.41, 5.74) is 2.99. The van der Waals surface area contributed by atoms with Crippen molar-refractivity contribution in [3.63, 3.8) is 0 Å². The summed E-state index contributed by atoms with van der Waals surface area (Å²) in [6, 6.07) is 7.89. The minimum absolute atomic E-state index is 0.00297. The molecule has 4 rings (SSSR count). The van der Waals surface area contributed by atoms with Crippen LogP contribution in [0.5, 0.6) is 0 Å². The molecule has 0 N–H and O–H groups in total. The van der Waals surface area contributed by atoms with E-state index in [2.05, 4.69) is 6.07 Å². The van der Waals surface area contributed by atoms with Gasteiger partial charge in [0.15, 0.2) is 12.0 Å². The lowest BCUT2D eigenvalue weighted by Crippen LogP contribution is -2.43. The van der Waals surface area contributed by atoms with Crippen LogP contribution < -0.4 is 0 Å². The van der Waals surface area contributed by atoms with E-state index in [1.54, 1.807) is 18.7 Å². The highest BCUT2D eigenvalue weighted by Gasteiger charge is 2.63. The Kier molecular flexibility index (Phi) is 3.01. The molecule has 0 aromatic heterocycles. The number of fused-ring (bicyclic) bond motifs is 2. The van der Waals surface area contributed by atoms with Crippen molar-refractivity contribution in [2.45, 2.75) is 39.0 Å². The minimum Gasteiger partial charge on any atom is -0.474 e. The van der Waals surface area contributed by atoms with Crippen LogP contribution in [0.4, 0.5) is 4.79 Å². The largest absolute Gasteiger partial charge is 0.474 e. The molecule has 5 heteroatoms. The topological polar surface area (TPSA) is 55.8 Å². The van der Waals surface area contributed by atoms with E-state index in [1.807, 2.05) is 25.1 Å². The first-order valence-corrected chi connectivity index (χ1v) is 7.98.